The number of rotatable bonds is 2. The number of nitrogens with two attached hydrogens (primary N) is 1. The molecule has 1 fully saturated rings. The second kappa shape index (κ2) is 4.87. The van der Waals surface area contributed by atoms with Crippen molar-refractivity contribution in [3.63, 3.8) is 0 Å². The predicted octanol–water partition coefficient (Wildman–Crippen LogP) is 0.344. The van der Waals surface area contributed by atoms with Crippen molar-refractivity contribution < 1.29 is 0 Å². The number of aryl methyl sites for hydroxylation is 1. The molecule has 94 valence electrons. The van der Waals surface area contributed by atoms with Gasteiger partial charge in [-0.2, -0.15) is 0 Å². The summed E-state index contributed by atoms with van der Waals surface area (Å²) in [5.74, 6) is 1.14. The summed E-state index contributed by atoms with van der Waals surface area (Å²) in [6.45, 7) is 3.80. The van der Waals surface area contributed by atoms with E-state index in [0.717, 1.165) is 25.9 Å². The van der Waals surface area contributed by atoms with Gasteiger partial charge in [-0.15, -0.1) is 0 Å². The lowest BCUT2D eigenvalue weighted by atomic mass is 9.91. The highest BCUT2D eigenvalue weighted by Gasteiger charge is 2.24. The van der Waals surface area contributed by atoms with Crippen molar-refractivity contribution in [1.29, 1.82) is 0 Å². The van der Waals surface area contributed by atoms with Crippen molar-refractivity contribution in [2.24, 2.45) is 18.7 Å². The van der Waals surface area contributed by atoms with Crippen LogP contribution in [0.15, 0.2) is 17.2 Å². The molecule has 1 aliphatic rings. The van der Waals surface area contributed by atoms with Gasteiger partial charge in [-0.1, -0.05) is 0 Å². The Balaban J connectivity index is 2.11. The summed E-state index contributed by atoms with van der Waals surface area (Å²) in [7, 11) is 1.75. The first-order valence-corrected chi connectivity index (χ1v) is 6.11. The zero-order valence-corrected chi connectivity index (χ0v) is 10.5. The first-order valence-electron chi connectivity index (χ1n) is 6.11. The van der Waals surface area contributed by atoms with Crippen LogP contribution in [-0.4, -0.2) is 28.7 Å². The van der Waals surface area contributed by atoms with E-state index in [1.165, 1.54) is 0 Å². The molecule has 1 aromatic rings. The van der Waals surface area contributed by atoms with Crippen molar-refractivity contribution in [2.45, 2.75) is 25.8 Å². The molecular weight excluding hydrogens is 216 g/mol. The second-order valence-corrected chi connectivity index (χ2v) is 4.85. The van der Waals surface area contributed by atoms with Gasteiger partial charge in [0.05, 0.1) is 0 Å². The smallest absolute Gasteiger partial charge is 0.293 e. The minimum Gasteiger partial charge on any atom is -0.352 e. The zero-order valence-electron chi connectivity index (χ0n) is 10.5. The highest BCUT2D eigenvalue weighted by Crippen LogP contribution is 2.21. The van der Waals surface area contributed by atoms with Crippen LogP contribution in [0.25, 0.3) is 0 Å². The molecule has 5 heteroatoms. The Morgan fingerprint density at radius 2 is 2.12 bits per heavy atom. The maximum Gasteiger partial charge on any atom is 0.293 e. The van der Waals surface area contributed by atoms with Gasteiger partial charge in [0.15, 0.2) is 5.82 Å². The van der Waals surface area contributed by atoms with Crippen molar-refractivity contribution in [3.8, 4) is 0 Å². The minimum atomic E-state index is -0.0215. The summed E-state index contributed by atoms with van der Waals surface area (Å²) in [5, 5.41) is 0. The van der Waals surface area contributed by atoms with Crippen LogP contribution < -0.4 is 16.2 Å². The van der Waals surface area contributed by atoms with E-state index in [4.69, 9.17) is 5.73 Å². The number of piperidine rings is 1. The first-order chi connectivity index (χ1) is 8.09. The number of hydrogen-bond acceptors (Lipinski definition) is 4. The van der Waals surface area contributed by atoms with Gasteiger partial charge in [0.25, 0.3) is 5.56 Å². The molecule has 0 aromatic carbocycles. The Morgan fingerprint density at radius 1 is 1.47 bits per heavy atom. The molecule has 0 amide bonds. The average molecular weight is 236 g/mol. The van der Waals surface area contributed by atoms with Gasteiger partial charge in [0.1, 0.15) is 0 Å². The Labute approximate surface area is 101 Å². The lowest BCUT2D eigenvalue weighted by molar-refractivity contribution is 0.353. The molecule has 0 aliphatic carbocycles. The summed E-state index contributed by atoms with van der Waals surface area (Å²) in [6.07, 6.45) is 5.43. The Hall–Kier alpha value is -1.36. The third kappa shape index (κ3) is 2.49. The minimum absolute atomic E-state index is 0.0215. The Kier molecular flexibility index (Phi) is 3.47. The second-order valence-electron chi connectivity index (χ2n) is 4.85. The van der Waals surface area contributed by atoms with E-state index in [1.807, 2.05) is 0 Å². The standard InChI is InChI=1S/C12H20N4O/c1-9(13)10-3-6-16(7-4-10)11-12(17)15(2)8-5-14-11/h5,8-10H,3-4,6-7,13H2,1-2H3. The fraction of sp³-hybridized carbons (Fsp3) is 0.667. The zero-order chi connectivity index (χ0) is 12.4. The fourth-order valence-electron chi connectivity index (χ4n) is 2.34. The molecule has 2 heterocycles. The van der Waals surface area contributed by atoms with Crippen LogP contribution >= 0.6 is 0 Å². The summed E-state index contributed by atoms with van der Waals surface area (Å²) >= 11 is 0. The van der Waals surface area contributed by atoms with Crippen LogP contribution in [0, 0.1) is 5.92 Å². The van der Waals surface area contributed by atoms with Crippen LogP contribution in [0.5, 0.6) is 0 Å². The normalized spacial score (nSPS) is 19.4. The number of aromatic nitrogens is 2. The van der Waals surface area contributed by atoms with E-state index >= 15 is 0 Å². The molecule has 1 saturated heterocycles. The van der Waals surface area contributed by atoms with Crippen molar-refractivity contribution in [2.75, 3.05) is 18.0 Å². The summed E-state index contributed by atoms with van der Waals surface area (Å²) in [6, 6.07) is 0.240. The molecule has 1 aliphatic heterocycles. The Bertz CT molecular complexity index is 432. The molecule has 1 atom stereocenters. The van der Waals surface area contributed by atoms with E-state index in [1.54, 1.807) is 24.0 Å². The van der Waals surface area contributed by atoms with E-state index < -0.39 is 0 Å². The predicted molar refractivity (Wildman–Crippen MR) is 68.1 cm³/mol. The van der Waals surface area contributed by atoms with Crippen molar-refractivity contribution in [1.82, 2.24) is 9.55 Å². The maximum atomic E-state index is 11.9. The molecular formula is C12H20N4O. The number of hydrogen-bond donors (Lipinski definition) is 1. The van der Waals surface area contributed by atoms with Crippen molar-refractivity contribution >= 4 is 5.82 Å². The van der Waals surface area contributed by atoms with Crippen LogP contribution in [0.4, 0.5) is 5.82 Å². The fourth-order valence-corrected chi connectivity index (χ4v) is 2.34. The summed E-state index contributed by atoms with van der Waals surface area (Å²) in [5.41, 5.74) is 5.88. The van der Waals surface area contributed by atoms with Crippen LogP contribution in [0.1, 0.15) is 19.8 Å². The average Bonchev–Trinajstić information content (AvgIpc) is 2.33. The number of anilines is 1. The molecule has 0 saturated carbocycles. The van der Waals surface area contributed by atoms with E-state index in [-0.39, 0.29) is 11.6 Å². The first kappa shape index (κ1) is 12.1. The molecule has 0 bridgehead atoms. The van der Waals surface area contributed by atoms with E-state index in [9.17, 15) is 4.79 Å². The van der Waals surface area contributed by atoms with Gasteiger partial charge in [0, 0.05) is 38.6 Å². The van der Waals surface area contributed by atoms with Crippen LogP contribution in [-0.2, 0) is 7.05 Å². The number of nitrogens with zero attached hydrogens (tertiary/aromatic N) is 3. The van der Waals surface area contributed by atoms with Gasteiger partial charge < -0.3 is 15.2 Å². The molecule has 2 N–H and O–H groups in total. The molecule has 5 nitrogen and oxygen atoms in total. The van der Waals surface area contributed by atoms with Crippen molar-refractivity contribution in [3.05, 3.63) is 22.7 Å². The molecule has 17 heavy (non-hydrogen) atoms. The SMILES string of the molecule is CC(N)C1CCN(c2nccn(C)c2=O)CC1. The molecule has 1 aromatic heterocycles. The summed E-state index contributed by atoms with van der Waals surface area (Å²) in [4.78, 5) is 18.2. The largest absolute Gasteiger partial charge is 0.352 e. The maximum absolute atomic E-state index is 11.9. The van der Waals surface area contributed by atoms with Gasteiger partial charge in [-0.25, -0.2) is 4.98 Å². The van der Waals surface area contributed by atoms with Crippen LogP contribution in [0.3, 0.4) is 0 Å². The monoisotopic (exact) mass is 236 g/mol. The van der Waals surface area contributed by atoms with E-state index in [0.29, 0.717) is 11.7 Å². The topological polar surface area (TPSA) is 64.2 Å². The highest BCUT2D eigenvalue weighted by atomic mass is 16.1. The molecule has 1 unspecified atom stereocenters. The third-order valence-electron chi connectivity index (χ3n) is 3.58. The third-order valence-corrected chi connectivity index (χ3v) is 3.58. The van der Waals surface area contributed by atoms with Gasteiger partial charge in [-0.05, 0) is 25.7 Å². The molecule has 0 radical (unpaired) electrons. The van der Waals surface area contributed by atoms with Crippen LogP contribution in [0.2, 0.25) is 0 Å². The Morgan fingerprint density at radius 3 is 2.71 bits per heavy atom. The lowest BCUT2D eigenvalue weighted by Gasteiger charge is -2.33. The van der Waals surface area contributed by atoms with Gasteiger partial charge in [-0.3, -0.25) is 4.79 Å². The van der Waals surface area contributed by atoms with E-state index in [2.05, 4.69) is 16.8 Å². The highest BCUT2D eigenvalue weighted by molar-refractivity contribution is 5.36. The molecule has 0 spiro atoms. The van der Waals surface area contributed by atoms with Gasteiger partial charge in [0.2, 0.25) is 0 Å². The molecule has 2 rings (SSSR count). The summed E-state index contributed by atoms with van der Waals surface area (Å²) < 4.78 is 1.57. The lowest BCUT2D eigenvalue weighted by Crippen LogP contribution is -2.42. The quantitative estimate of drug-likeness (QED) is 0.804. The van der Waals surface area contributed by atoms with Gasteiger partial charge >= 0.3 is 0 Å².